The fraction of sp³-hybridized carbons (Fsp3) is 0.333. The van der Waals surface area contributed by atoms with Crippen LogP contribution in [0.5, 0.6) is 0 Å². The van der Waals surface area contributed by atoms with Crippen molar-refractivity contribution in [3.05, 3.63) is 41.8 Å². The van der Waals surface area contributed by atoms with Gasteiger partial charge in [-0.05, 0) is 43.2 Å². The van der Waals surface area contributed by atoms with E-state index in [0.717, 1.165) is 25.0 Å². The number of halogens is 1. The molecule has 1 atom stereocenters. The van der Waals surface area contributed by atoms with E-state index in [1.54, 1.807) is 18.2 Å². The lowest BCUT2D eigenvalue weighted by atomic mass is 10.1. The van der Waals surface area contributed by atoms with Gasteiger partial charge in [-0.3, -0.25) is 9.89 Å². The van der Waals surface area contributed by atoms with Crippen molar-refractivity contribution in [2.45, 2.75) is 18.9 Å². The van der Waals surface area contributed by atoms with Gasteiger partial charge in [0.2, 0.25) is 0 Å². The van der Waals surface area contributed by atoms with Gasteiger partial charge in [0.1, 0.15) is 11.5 Å². The molecule has 0 unspecified atom stereocenters. The Morgan fingerprint density at radius 1 is 1.43 bits per heavy atom. The number of hydrogen-bond donors (Lipinski definition) is 2. The molecule has 6 heteroatoms. The van der Waals surface area contributed by atoms with Gasteiger partial charge >= 0.3 is 0 Å². The van der Waals surface area contributed by atoms with Gasteiger partial charge in [0, 0.05) is 18.7 Å². The first kappa shape index (κ1) is 13.8. The Labute approximate surface area is 121 Å². The molecule has 1 saturated heterocycles. The summed E-state index contributed by atoms with van der Waals surface area (Å²) in [6.45, 7) is 1.27. The lowest BCUT2D eigenvalue weighted by Crippen LogP contribution is -2.31. The molecule has 1 aliphatic heterocycles. The number of hydrogen-bond acceptors (Lipinski definition) is 3. The maximum Gasteiger partial charge on any atom is 0.269 e. The topological polar surface area (TPSA) is 67.0 Å². The van der Waals surface area contributed by atoms with E-state index >= 15 is 0 Å². The van der Waals surface area contributed by atoms with Crippen LogP contribution in [0.15, 0.2) is 30.3 Å². The van der Waals surface area contributed by atoms with Crippen LogP contribution in [0.25, 0.3) is 11.3 Å². The Bertz CT molecular complexity index is 618. The van der Waals surface area contributed by atoms with Gasteiger partial charge in [-0.15, -0.1) is 0 Å². The molecule has 2 heterocycles. The van der Waals surface area contributed by atoms with Gasteiger partial charge in [0.05, 0.1) is 11.8 Å². The number of H-pyrrole nitrogens is 1. The van der Waals surface area contributed by atoms with Gasteiger partial charge in [0.25, 0.3) is 5.91 Å². The number of carbonyl (C=O) groups is 1. The summed E-state index contributed by atoms with van der Waals surface area (Å²) in [5.74, 6) is -0.518. The predicted octanol–water partition coefficient (Wildman–Crippen LogP) is 2.12. The Morgan fingerprint density at radius 3 is 2.95 bits per heavy atom. The van der Waals surface area contributed by atoms with Crippen LogP contribution in [0.1, 0.15) is 23.3 Å². The number of aromatic nitrogens is 2. The quantitative estimate of drug-likeness (QED) is 0.906. The van der Waals surface area contributed by atoms with Crippen molar-refractivity contribution in [2.75, 3.05) is 13.2 Å². The Balaban J connectivity index is 1.63. The van der Waals surface area contributed by atoms with Crippen molar-refractivity contribution >= 4 is 5.91 Å². The van der Waals surface area contributed by atoms with E-state index in [1.807, 2.05) is 0 Å². The summed E-state index contributed by atoms with van der Waals surface area (Å²) < 4.78 is 18.3. The number of amides is 1. The number of nitrogens with zero attached hydrogens (tertiary/aromatic N) is 1. The lowest BCUT2D eigenvalue weighted by molar-refractivity contribution is 0.0853. The third-order valence-electron chi connectivity index (χ3n) is 3.48. The normalized spacial score (nSPS) is 17.9. The zero-order valence-corrected chi connectivity index (χ0v) is 11.4. The van der Waals surface area contributed by atoms with Gasteiger partial charge in [-0.2, -0.15) is 5.10 Å². The molecule has 1 aromatic heterocycles. The Hall–Kier alpha value is -2.21. The fourth-order valence-electron chi connectivity index (χ4n) is 2.31. The van der Waals surface area contributed by atoms with Gasteiger partial charge in [-0.1, -0.05) is 0 Å². The Kier molecular flexibility index (Phi) is 3.96. The summed E-state index contributed by atoms with van der Waals surface area (Å²) >= 11 is 0. The second kappa shape index (κ2) is 6.05. The van der Waals surface area contributed by atoms with E-state index in [-0.39, 0.29) is 17.8 Å². The van der Waals surface area contributed by atoms with Crippen LogP contribution < -0.4 is 5.32 Å². The summed E-state index contributed by atoms with van der Waals surface area (Å²) in [4.78, 5) is 12.0. The van der Waals surface area contributed by atoms with Crippen molar-refractivity contribution in [1.82, 2.24) is 15.5 Å². The third-order valence-corrected chi connectivity index (χ3v) is 3.48. The summed E-state index contributed by atoms with van der Waals surface area (Å²) in [5, 5.41) is 9.59. The van der Waals surface area contributed by atoms with Crippen molar-refractivity contribution in [1.29, 1.82) is 0 Å². The number of rotatable bonds is 4. The number of ether oxygens (including phenoxy) is 1. The van der Waals surface area contributed by atoms with E-state index in [4.69, 9.17) is 4.74 Å². The molecule has 0 bridgehead atoms. The van der Waals surface area contributed by atoms with Crippen LogP contribution in [-0.2, 0) is 4.74 Å². The molecule has 3 rings (SSSR count). The molecule has 0 spiro atoms. The van der Waals surface area contributed by atoms with Gasteiger partial charge in [-0.25, -0.2) is 4.39 Å². The smallest absolute Gasteiger partial charge is 0.269 e. The van der Waals surface area contributed by atoms with Crippen molar-refractivity contribution < 1.29 is 13.9 Å². The molecule has 1 aromatic carbocycles. The zero-order valence-electron chi connectivity index (χ0n) is 11.4. The molecule has 21 heavy (non-hydrogen) atoms. The first-order valence-electron chi connectivity index (χ1n) is 6.93. The number of benzene rings is 1. The fourth-order valence-corrected chi connectivity index (χ4v) is 2.31. The average molecular weight is 289 g/mol. The molecular weight excluding hydrogens is 273 g/mol. The lowest BCUT2D eigenvalue weighted by Gasteiger charge is -2.09. The molecule has 110 valence electrons. The highest BCUT2D eigenvalue weighted by atomic mass is 19.1. The summed E-state index contributed by atoms with van der Waals surface area (Å²) in [5.41, 5.74) is 1.75. The number of aromatic amines is 1. The second-order valence-electron chi connectivity index (χ2n) is 5.02. The van der Waals surface area contributed by atoms with Crippen LogP contribution in [-0.4, -0.2) is 35.4 Å². The highest BCUT2D eigenvalue weighted by molar-refractivity contribution is 5.93. The first-order chi connectivity index (χ1) is 10.2. The van der Waals surface area contributed by atoms with Crippen LogP contribution in [0.2, 0.25) is 0 Å². The van der Waals surface area contributed by atoms with Crippen molar-refractivity contribution in [3.8, 4) is 11.3 Å². The molecule has 0 aliphatic carbocycles. The van der Waals surface area contributed by atoms with E-state index in [2.05, 4.69) is 15.5 Å². The minimum absolute atomic E-state index is 0.105. The average Bonchev–Trinajstić information content (AvgIpc) is 3.17. The largest absolute Gasteiger partial charge is 0.376 e. The summed E-state index contributed by atoms with van der Waals surface area (Å²) in [7, 11) is 0. The van der Waals surface area contributed by atoms with Crippen LogP contribution in [0, 0.1) is 5.82 Å². The second-order valence-corrected chi connectivity index (χ2v) is 5.02. The van der Waals surface area contributed by atoms with Crippen LogP contribution in [0.3, 0.4) is 0 Å². The van der Waals surface area contributed by atoms with E-state index in [9.17, 15) is 9.18 Å². The van der Waals surface area contributed by atoms with E-state index in [1.165, 1.54) is 12.1 Å². The molecule has 2 aromatic rings. The standard InChI is InChI=1S/C15H16FN3O2/c16-11-5-3-10(4-6-11)13-8-14(19-18-13)15(20)17-9-12-2-1-7-21-12/h3-6,8,12H,1-2,7,9H2,(H,17,20)(H,18,19)/t12-/m0/s1. The molecular formula is C15H16FN3O2. The minimum Gasteiger partial charge on any atom is -0.376 e. The highest BCUT2D eigenvalue weighted by Crippen LogP contribution is 2.18. The molecule has 1 aliphatic rings. The van der Waals surface area contributed by atoms with Crippen molar-refractivity contribution in [3.63, 3.8) is 0 Å². The molecule has 1 amide bonds. The monoisotopic (exact) mass is 289 g/mol. The Morgan fingerprint density at radius 2 is 2.24 bits per heavy atom. The maximum atomic E-state index is 12.9. The van der Waals surface area contributed by atoms with Crippen LogP contribution >= 0.6 is 0 Å². The first-order valence-corrected chi connectivity index (χ1v) is 6.93. The SMILES string of the molecule is O=C(NC[C@@H]1CCCO1)c1cc(-c2ccc(F)cc2)n[nH]1. The number of nitrogens with one attached hydrogen (secondary N) is 2. The molecule has 0 saturated carbocycles. The molecule has 1 fully saturated rings. The van der Waals surface area contributed by atoms with Crippen LogP contribution in [0.4, 0.5) is 4.39 Å². The highest BCUT2D eigenvalue weighted by Gasteiger charge is 2.17. The maximum absolute atomic E-state index is 12.9. The van der Waals surface area contributed by atoms with Gasteiger partial charge < -0.3 is 10.1 Å². The minimum atomic E-state index is -0.302. The summed E-state index contributed by atoms with van der Waals surface area (Å²) in [6.07, 6.45) is 2.12. The van der Waals surface area contributed by atoms with Gasteiger partial charge in [0.15, 0.2) is 0 Å². The zero-order chi connectivity index (χ0) is 14.7. The molecule has 5 nitrogen and oxygen atoms in total. The predicted molar refractivity (Wildman–Crippen MR) is 75.3 cm³/mol. The number of carbonyl (C=O) groups excluding carboxylic acids is 1. The van der Waals surface area contributed by atoms with E-state index < -0.39 is 0 Å². The summed E-state index contributed by atoms with van der Waals surface area (Å²) in [6, 6.07) is 7.62. The van der Waals surface area contributed by atoms with E-state index in [0.29, 0.717) is 17.9 Å². The molecule has 0 radical (unpaired) electrons. The molecule has 2 N–H and O–H groups in total. The van der Waals surface area contributed by atoms with Crippen molar-refractivity contribution in [2.24, 2.45) is 0 Å². The third kappa shape index (κ3) is 3.28.